The van der Waals surface area contributed by atoms with Gasteiger partial charge in [-0.25, -0.2) is 0 Å². The average Bonchev–Trinajstić information content (AvgIpc) is 3.04. The highest BCUT2D eigenvalue weighted by atomic mass is 16.5. The van der Waals surface area contributed by atoms with Gasteiger partial charge in [-0.15, -0.1) is 0 Å². The van der Waals surface area contributed by atoms with Crippen LogP contribution in [0.1, 0.15) is 12.5 Å². The molecule has 3 aromatic carbocycles. The number of hydrogen-bond acceptors (Lipinski definition) is 3. The minimum absolute atomic E-state index is 0.211. The molecule has 0 N–H and O–H groups in total. The second-order valence-corrected chi connectivity index (χ2v) is 6.02. The van der Waals surface area contributed by atoms with Crippen molar-refractivity contribution in [3.63, 3.8) is 0 Å². The number of benzene rings is 3. The molecule has 0 radical (unpaired) electrons. The van der Waals surface area contributed by atoms with Crippen molar-refractivity contribution in [2.75, 3.05) is 6.61 Å². The van der Waals surface area contributed by atoms with Crippen molar-refractivity contribution in [3.8, 4) is 11.1 Å². The fraction of sp³-hybridized carbons (Fsp3) is 0.136. The van der Waals surface area contributed by atoms with Crippen molar-refractivity contribution in [2.45, 2.75) is 13.3 Å². The van der Waals surface area contributed by atoms with E-state index in [4.69, 9.17) is 9.15 Å². The van der Waals surface area contributed by atoms with E-state index < -0.39 is 0 Å². The first-order valence-corrected chi connectivity index (χ1v) is 8.39. The molecule has 1 heterocycles. The first-order valence-electron chi connectivity index (χ1n) is 8.39. The van der Waals surface area contributed by atoms with E-state index in [-0.39, 0.29) is 12.4 Å². The van der Waals surface area contributed by atoms with Gasteiger partial charge in [-0.3, -0.25) is 4.79 Å². The van der Waals surface area contributed by atoms with Gasteiger partial charge in [-0.05, 0) is 47.0 Å². The number of carbonyl (C=O) groups excluding carboxylic acids is 1. The Morgan fingerprint density at radius 1 is 1.00 bits per heavy atom. The van der Waals surface area contributed by atoms with Crippen LogP contribution in [0.4, 0.5) is 0 Å². The van der Waals surface area contributed by atoms with Crippen LogP contribution in [0.3, 0.4) is 0 Å². The Morgan fingerprint density at radius 2 is 1.84 bits per heavy atom. The van der Waals surface area contributed by atoms with Crippen molar-refractivity contribution in [3.05, 3.63) is 72.5 Å². The highest BCUT2D eigenvalue weighted by Crippen LogP contribution is 2.33. The molecule has 0 bridgehead atoms. The van der Waals surface area contributed by atoms with Gasteiger partial charge in [-0.1, -0.05) is 42.5 Å². The molecule has 0 spiro atoms. The first kappa shape index (κ1) is 15.5. The van der Waals surface area contributed by atoms with Crippen molar-refractivity contribution in [1.29, 1.82) is 0 Å². The third-order valence-electron chi connectivity index (χ3n) is 4.35. The average molecular weight is 330 g/mol. The second-order valence-electron chi connectivity index (χ2n) is 6.02. The van der Waals surface area contributed by atoms with Gasteiger partial charge < -0.3 is 9.15 Å². The van der Waals surface area contributed by atoms with Gasteiger partial charge in [-0.2, -0.15) is 0 Å². The quantitative estimate of drug-likeness (QED) is 0.473. The minimum Gasteiger partial charge on any atom is -0.466 e. The summed E-state index contributed by atoms with van der Waals surface area (Å²) in [5.74, 6) is -0.211. The lowest BCUT2D eigenvalue weighted by Crippen LogP contribution is -2.07. The standard InChI is InChI=1S/C22H18O3/c1-2-24-22(23)12-15-7-10-21-19(11-15)20(14-25-21)18-9-8-16-5-3-4-6-17(16)13-18/h3-11,13-14H,2,12H2,1H3. The van der Waals surface area contributed by atoms with Gasteiger partial charge in [0, 0.05) is 10.9 Å². The topological polar surface area (TPSA) is 39.4 Å². The molecule has 0 unspecified atom stereocenters. The lowest BCUT2D eigenvalue weighted by Gasteiger charge is -2.04. The smallest absolute Gasteiger partial charge is 0.310 e. The van der Waals surface area contributed by atoms with E-state index in [0.717, 1.165) is 27.7 Å². The van der Waals surface area contributed by atoms with E-state index in [1.54, 1.807) is 6.26 Å². The van der Waals surface area contributed by atoms with E-state index in [9.17, 15) is 4.79 Å². The van der Waals surface area contributed by atoms with E-state index in [1.807, 2.05) is 37.3 Å². The molecule has 0 saturated heterocycles. The summed E-state index contributed by atoms with van der Waals surface area (Å²) in [6, 6.07) is 20.5. The highest BCUT2D eigenvalue weighted by Gasteiger charge is 2.11. The SMILES string of the molecule is CCOC(=O)Cc1ccc2occ(-c3ccc4ccccc4c3)c2c1. The Hall–Kier alpha value is -3.07. The Balaban J connectivity index is 1.76. The number of ether oxygens (including phenoxy) is 1. The molecule has 0 atom stereocenters. The van der Waals surface area contributed by atoms with Crippen LogP contribution in [0.15, 0.2) is 71.3 Å². The van der Waals surface area contributed by atoms with Crippen LogP contribution >= 0.6 is 0 Å². The molecule has 0 fully saturated rings. The monoisotopic (exact) mass is 330 g/mol. The summed E-state index contributed by atoms with van der Waals surface area (Å²) < 4.78 is 10.7. The van der Waals surface area contributed by atoms with E-state index in [0.29, 0.717) is 6.61 Å². The van der Waals surface area contributed by atoms with Crippen molar-refractivity contribution >= 4 is 27.7 Å². The van der Waals surface area contributed by atoms with Gasteiger partial charge >= 0.3 is 5.97 Å². The normalized spacial score (nSPS) is 11.1. The van der Waals surface area contributed by atoms with Gasteiger partial charge in [0.15, 0.2) is 0 Å². The van der Waals surface area contributed by atoms with Crippen LogP contribution in [0.2, 0.25) is 0 Å². The predicted octanol–water partition coefficient (Wildman–Crippen LogP) is 5.36. The molecule has 0 aliphatic carbocycles. The Morgan fingerprint density at radius 3 is 2.68 bits per heavy atom. The maximum Gasteiger partial charge on any atom is 0.310 e. The Kier molecular flexibility index (Phi) is 3.98. The number of hydrogen-bond donors (Lipinski definition) is 0. The maximum atomic E-state index is 11.7. The maximum absolute atomic E-state index is 11.7. The number of carbonyl (C=O) groups is 1. The Bertz CT molecular complexity index is 1060. The predicted molar refractivity (Wildman–Crippen MR) is 99.5 cm³/mol. The van der Waals surface area contributed by atoms with Crippen molar-refractivity contribution in [1.82, 2.24) is 0 Å². The summed E-state index contributed by atoms with van der Waals surface area (Å²) in [6.07, 6.45) is 2.05. The molecular formula is C22H18O3. The minimum atomic E-state index is -0.211. The zero-order chi connectivity index (χ0) is 17.2. The van der Waals surface area contributed by atoms with Gasteiger partial charge in [0.2, 0.25) is 0 Å². The Labute approximate surface area is 145 Å². The molecular weight excluding hydrogens is 312 g/mol. The number of fused-ring (bicyclic) bond motifs is 2. The summed E-state index contributed by atoms with van der Waals surface area (Å²) in [4.78, 5) is 11.7. The number of esters is 1. The van der Waals surface area contributed by atoms with E-state index >= 15 is 0 Å². The van der Waals surface area contributed by atoms with Crippen LogP contribution in [0.5, 0.6) is 0 Å². The molecule has 0 saturated carbocycles. The van der Waals surface area contributed by atoms with Crippen LogP contribution < -0.4 is 0 Å². The second kappa shape index (κ2) is 6.44. The van der Waals surface area contributed by atoms with Crippen molar-refractivity contribution in [2.24, 2.45) is 0 Å². The summed E-state index contributed by atoms with van der Waals surface area (Å²) in [7, 11) is 0. The zero-order valence-electron chi connectivity index (χ0n) is 14.0. The largest absolute Gasteiger partial charge is 0.466 e. The van der Waals surface area contributed by atoms with Crippen LogP contribution in [0, 0.1) is 0 Å². The van der Waals surface area contributed by atoms with E-state index in [2.05, 4.69) is 30.3 Å². The highest BCUT2D eigenvalue weighted by molar-refractivity contribution is 5.97. The molecule has 124 valence electrons. The zero-order valence-corrected chi connectivity index (χ0v) is 14.0. The molecule has 0 amide bonds. The molecule has 0 aliphatic rings. The number of furan rings is 1. The van der Waals surface area contributed by atoms with Crippen LogP contribution in [-0.2, 0) is 16.0 Å². The molecule has 0 aliphatic heterocycles. The van der Waals surface area contributed by atoms with Crippen LogP contribution in [0.25, 0.3) is 32.9 Å². The molecule has 4 aromatic rings. The van der Waals surface area contributed by atoms with E-state index in [1.165, 1.54) is 10.8 Å². The first-order chi connectivity index (χ1) is 12.2. The molecule has 3 nitrogen and oxygen atoms in total. The third kappa shape index (κ3) is 3.01. The summed E-state index contributed by atoms with van der Waals surface area (Å²) in [6.45, 7) is 2.21. The fourth-order valence-corrected chi connectivity index (χ4v) is 3.15. The van der Waals surface area contributed by atoms with Crippen LogP contribution in [-0.4, -0.2) is 12.6 Å². The third-order valence-corrected chi connectivity index (χ3v) is 4.35. The lowest BCUT2D eigenvalue weighted by atomic mass is 9.99. The molecule has 3 heteroatoms. The lowest BCUT2D eigenvalue weighted by molar-refractivity contribution is -0.142. The van der Waals surface area contributed by atoms with Crippen molar-refractivity contribution < 1.29 is 13.9 Å². The summed E-state index contributed by atoms with van der Waals surface area (Å²) in [5, 5.41) is 3.41. The van der Waals surface area contributed by atoms with Gasteiger partial charge in [0.25, 0.3) is 0 Å². The molecule has 25 heavy (non-hydrogen) atoms. The fourth-order valence-electron chi connectivity index (χ4n) is 3.15. The van der Waals surface area contributed by atoms with Gasteiger partial charge in [0.05, 0.1) is 19.3 Å². The summed E-state index contributed by atoms with van der Waals surface area (Å²) >= 11 is 0. The molecule has 4 rings (SSSR count). The molecule has 1 aromatic heterocycles. The van der Waals surface area contributed by atoms with Gasteiger partial charge in [0.1, 0.15) is 5.58 Å². The summed E-state index contributed by atoms with van der Waals surface area (Å²) in [5.41, 5.74) is 3.88. The number of rotatable bonds is 4.